The second-order valence-corrected chi connectivity index (χ2v) is 11.7. The zero-order valence-electron chi connectivity index (χ0n) is 46.3. The van der Waals surface area contributed by atoms with E-state index in [0.29, 0.717) is 27.1 Å². The number of para-hydroxylation sites is 2. The number of rotatable bonds is 4. The molecular formula is C47H28N4O. The molecule has 0 bridgehead atoms. The van der Waals surface area contributed by atoms with Crippen molar-refractivity contribution in [3.63, 3.8) is 0 Å². The normalized spacial score (nSPS) is 17.2. The number of fused-ring (bicyclic) bond motifs is 9. The van der Waals surface area contributed by atoms with Crippen LogP contribution in [0, 0.1) is 0 Å². The van der Waals surface area contributed by atoms with Crippen LogP contribution in [0.25, 0.3) is 105 Å². The van der Waals surface area contributed by atoms with Crippen molar-refractivity contribution in [2.75, 3.05) is 0 Å². The molecule has 0 aliphatic carbocycles. The van der Waals surface area contributed by atoms with Crippen LogP contribution in [0.4, 0.5) is 0 Å². The van der Waals surface area contributed by atoms with E-state index >= 15 is 0 Å². The maximum Gasteiger partial charge on any atom is 0.238 e. The molecule has 0 unspecified atom stereocenters. The van der Waals surface area contributed by atoms with Crippen LogP contribution in [0.2, 0.25) is 0 Å². The Labute approximate surface area is 326 Å². The maximum absolute atomic E-state index is 9.10. The predicted molar refractivity (Wildman–Crippen MR) is 213 cm³/mol. The van der Waals surface area contributed by atoms with Crippen LogP contribution in [-0.4, -0.2) is 19.5 Å². The summed E-state index contributed by atoms with van der Waals surface area (Å²) in [7, 11) is 0. The SMILES string of the molecule is [2H]c1c([2H])c([2H])c(-c2nc(-c3ccc4oc5cc(-c6c([2H])c([2H])c([2H])c7c([2H])c([2H])c([2H])c([2H])c67)c6ccccc6c5c4c3)nc(-n3c4c([2H])c([2H])c([2H])c([2H])c4c4c([2H])c([2H])c([2H])c([2H])c43)n2)c([2H])c1[2H]. The lowest BCUT2D eigenvalue weighted by molar-refractivity contribution is 0.669. The molecule has 0 saturated heterocycles. The lowest BCUT2D eigenvalue weighted by Crippen LogP contribution is -2.06. The molecule has 5 nitrogen and oxygen atoms in total. The first-order chi connectivity index (χ1) is 34.1. The highest BCUT2D eigenvalue weighted by Crippen LogP contribution is 2.42. The zero-order chi connectivity index (χ0) is 51.6. The van der Waals surface area contributed by atoms with E-state index in [1.54, 1.807) is 42.5 Å². The van der Waals surface area contributed by atoms with Crippen LogP contribution in [-0.2, 0) is 0 Å². The Morgan fingerprint density at radius 1 is 0.462 bits per heavy atom. The maximum atomic E-state index is 9.10. The topological polar surface area (TPSA) is 56.7 Å². The van der Waals surface area contributed by atoms with Gasteiger partial charge in [0.1, 0.15) is 11.2 Å². The minimum absolute atomic E-state index is 0.0186. The van der Waals surface area contributed by atoms with E-state index in [1.807, 2.05) is 0 Å². The lowest BCUT2D eigenvalue weighted by atomic mass is 9.92. The zero-order valence-corrected chi connectivity index (χ0v) is 26.3. The first-order valence-electron chi connectivity index (χ1n) is 25.8. The Morgan fingerprint density at radius 3 is 1.90 bits per heavy atom. The van der Waals surface area contributed by atoms with Gasteiger partial charge in [-0.15, -0.1) is 0 Å². The van der Waals surface area contributed by atoms with E-state index in [9.17, 15) is 0 Å². The molecule has 0 radical (unpaired) electrons. The molecular weight excluding hydrogens is 637 g/mol. The minimum Gasteiger partial charge on any atom is -0.456 e. The van der Waals surface area contributed by atoms with Gasteiger partial charge in [0.25, 0.3) is 0 Å². The molecule has 11 rings (SSSR count). The van der Waals surface area contributed by atoms with Crippen molar-refractivity contribution in [1.29, 1.82) is 0 Å². The van der Waals surface area contributed by atoms with Crippen molar-refractivity contribution in [1.82, 2.24) is 19.5 Å². The summed E-state index contributed by atoms with van der Waals surface area (Å²) in [5, 5.41) is 1.03. The second-order valence-electron chi connectivity index (χ2n) is 11.7. The van der Waals surface area contributed by atoms with Gasteiger partial charge in [0, 0.05) is 32.7 Å². The fraction of sp³-hybridized carbons (Fsp3) is 0. The second kappa shape index (κ2) is 11.2. The average Bonchev–Trinajstić information content (AvgIpc) is 3.94. The van der Waals surface area contributed by atoms with E-state index in [0.717, 1.165) is 4.57 Å². The Hall–Kier alpha value is -7.11. The van der Waals surface area contributed by atoms with Gasteiger partial charge in [0.2, 0.25) is 5.95 Å². The summed E-state index contributed by atoms with van der Waals surface area (Å²) in [4.78, 5) is 13.9. The molecule has 0 spiro atoms. The molecule has 3 heterocycles. The summed E-state index contributed by atoms with van der Waals surface area (Å²) >= 11 is 0. The highest BCUT2D eigenvalue weighted by atomic mass is 16.3. The number of hydrogen-bond donors (Lipinski definition) is 0. The number of nitrogens with zero attached hydrogens (tertiary/aromatic N) is 4. The largest absolute Gasteiger partial charge is 0.456 e. The van der Waals surface area contributed by atoms with Crippen LogP contribution >= 0.6 is 0 Å². The van der Waals surface area contributed by atoms with Gasteiger partial charge < -0.3 is 4.42 Å². The molecule has 0 saturated carbocycles. The van der Waals surface area contributed by atoms with E-state index in [4.69, 9.17) is 36.8 Å². The molecule has 8 aromatic carbocycles. The molecule has 0 atom stereocenters. The van der Waals surface area contributed by atoms with Gasteiger partial charge in [-0.05, 0) is 69.0 Å². The summed E-state index contributed by atoms with van der Waals surface area (Å²) in [6.07, 6.45) is 0. The van der Waals surface area contributed by atoms with Gasteiger partial charge in [0.05, 0.1) is 38.4 Å². The Bertz CT molecular complexity index is 4250. The van der Waals surface area contributed by atoms with E-state index < -0.39 is 138 Å². The van der Waals surface area contributed by atoms with Gasteiger partial charge in [-0.2, -0.15) is 9.97 Å². The van der Waals surface area contributed by atoms with Gasteiger partial charge in [-0.25, -0.2) is 4.98 Å². The molecule has 0 N–H and O–H groups in total. The summed E-state index contributed by atoms with van der Waals surface area (Å²) < 4.78 is 181. The van der Waals surface area contributed by atoms with E-state index in [2.05, 4.69) is 9.97 Å². The van der Waals surface area contributed by atoms with Gasteiger partial charge in [0.15, 0.2) is 11.6 Å². The smallest absolute Gasteiger partial charge is 0.238 e. The van der Waals surface area contributed by atoms with Crippen LogP contribution in [0.3, 0.4) is 0 Å². The number of aromatic nitrogens is 4. The minimum atomic E-state index is -0.729. The first kappa shape index (κ1) is 15.4. The molecule has 0 aliphatic heterocycles. The van der Waals surface area contributed by atoms with Crippen LogP contribution in [0.1, 0.15) is 27.4 Å². The Balaban J connectivity index is 1.24. The number of hydrogen-bond acceptors (Lipinski definition) is 4. The standard InChI is InChI=1S/C47H28N4O/c1-2-14-30(15-3-1)45-48-46(50-47(49-45)51-40-23-10-8-19-35(40)36-20-9-11-24-41(36)51)31-25-26-42-39(27-31)44-37-21-7-6-18-34(37)38(28-43(44)52-42)33-22-12-16-29-13-4-5-17-32(29)33/h1-28H/i1D,2D,3D,4D,5D,8D,9D,10D,11D,12D,13D,14D,15D,16D,17D,19D,20D,22D,23D,24D. The van der Waals surface area contributed by atoms with Gasteiger partial charge in [-0.3, -0.25) is 4.57 Å². The number of benzene rings is 8. The van der Waals surface area contributed by atoms with Crippen molar-refractivity contribution in [3.8, 4) is 39.9 Å². The quantitative estimate of drug-likeness (QED) is 0.185. The van der Waals surface area contributed by atoms with E-state index in [1.165, 1.54) is 6.07 Å². The molecule has 0 aliphatic rings. The third kappa shape index (κ3) is 4.33. The molecule has 5 heteroatoms. The molecule has 52 heavy (non-hydrogen) atoms. The Kier molecular flexibility index (Phi) is 3.32. The van der Waals surface area contributed by atoms with Crippen LogP contribution in [0.15, 0.2) is 174 Å². The molecule has 11 aromatic rings. The van der Waals surface area contributed by atoms with Gasteiger partial charge in [-0.1, -0.05) is 133 Å². The monoisotopic (exact) mass is 684 g/mol. The molecule has 0 amide bonds. The fourth-order valence-corrected chi connectivity index (χ4v) is 6.69. The lowest BCUT2D eigenvalue weighted by Gasteiger charge is -2.12. The van der Waals surface area contributed by atoms with Crippen LogP contribution < -0.4 is 0 Å². The third-order valence-corrected chi connectivity index (χ3v) is 8.90. The summed E-state index contributed by atoms with van der Waals surface area (Å²) in [6, 6.07) is 0.518. The summed E-state index contributed by atoms with van der Waals surface area (Å²) in [5.74, 6) is -1.23. The highest BCUT2D eigenvalue weighted by Gasteiger charge is 2.20. The van der Waals surface area contributed by atoms with Crippen molar-refractivity contribution in [2.24, 2.45) is 0 Å². The van der Waals surface area contributed by atoms with Crippen LogP contribution in [0.5, 0.6) is 0 Å². The third-order valence-electron chi connectivity index (χ3n) is 8.90. The van der Waals surface area contributed by atoms with Crippen molar-refractivity contribution in [3.05, 3.63) is 169 Å². The summed E-state index contributed by atoms with van der Waals surface area (Å²) in [6.45, 7) is 0. The van der Waals surface area contributed by atoms with Crippen molar-refractivity contribution < 1.29 is 31.8 Å². The fourth-order valence-electron chi connectivity index (χ4n) is 6.69. The molecule has 3 aromatic heterocycles. The first-order valence-corrected chi connectivity index (χ1v) is 15.8. The van der Waals surface area contributed by atoms with Crippen molar-refractivity contribution in [2.45, 2.75) is 0 Å². The van der Waals surface area contributed by atoms with Gasteiger partial charge >= 0.3 is 0 Å². The number of furan rings is 1. The molecule has 0 fully saturated rings. The Morgan fingerprint density at radius 2 is 1.12 bits per heavy atom. The molecule has 242 valence electrons. The average molecular weight is 685 g/mol. The highest BCUT2D eigenvalue weighted by molar-refractivity contribution is 6.23. The predicted octanol–water partition coefficient (Wildman–Crippen LogP) is 12.2. The van der Waals surface area contributed by atoms with E-state index in [-0.39, 0.29) is 60.7 Å². The summed E-state index contributed by atoms with van der Waals surface area (Å²) in [5.41, 5.74) is -0.195. The van der Waals surface area contributed by atoms with Crippen molar-refractivity contribution >= 4 is 65.3 Å².